The van der Waals surface area contributed by atoms with Crippen molar-refractivity contribution in [1.82, 2.24) is 5.32 Å². The van der Waals surface area contributed by atoms with Gasteiger partial charge in [-0.3, -0.25) is 4.79 Å². The van der Waals surface area contributed by atoms with Gasteiger partial charge >= 0.3 is 0 Å². The smallest absolute Gasteiger partial charge is 0.255 e. The van der Waals surface area contributed by atoms with E-state index in [1.54, 1.807) is 26.4 Å². The van der Waals surface area contributed by atoms with Crippen molar-refractivity contribution in [1.29, 1.82) is 0 Å². The lowest BCUT2D eigenvalue weighted by Gasteiger charge is -2.27. The number of nitrogens with one attached hydrogen (secondary N) is 2. The van der Waals surface area contributed by atoms with Crippen molar-refractivity contribution in [3.05, 3.63) is 101 Å². The Balaban J connectivity index is 1.68. The Bertz CT molecular complexity index is 1280. The third kappa shape index (κ3) is 5.84. The molecule has 0 aliphatic carbocycles. The number of hydrogen-bond donors (Lipinski definition) is 2. The number of allylic oxidation sites excluding steroid dienone is 1. The van der Waals surface area contributed by atoms with Crippen LogP contribution in [0, 0.1) is 5.82 Å². The first kappa shape index (κ1) is 24.3. The van der Waals surface area contributed by atoms with Crippen LogP contribution >= 0.6 is 11.8 Å². The Morgan fingerprint density at radius 3 is 2.57 bits per heavy atom. The number of anilines is 1. The third-order valence-corrected chi connectivity index (χ3v) is 6.45. The van der Waals surface area contributed by atoms with Gasteiger partial charge in [0.25, 0.3) is 5.91 Å². The van der Waals surface area contributed by atoms with Gasteiger partial charge in [-0.25, -0.2) is 9.38 Å². The maximum absolute atomic E-state index is 13.6. The van der Waals surface area contributed by atoms with E-state index >= 15 is 0 Å². The average Bonchev–Trinajstić information content (AvgIpc) is 2.87. The van der Waals surface area contributed by atoms with Crippen molar-refractivity contribution in [2.24, 2.45) is 4.99 Å². The fourth-order valence-corrected chi connectivity index (χ4v) is 4.67. The molecule has 0 saturated carbocycles. The summed E-state index contributed by atoms with van der Waals surface area (Å²) >= 11 is 1.44. The SMILES string of the molecule is COc1ccc([C@H]2N=C(SCc3cccc(F)c3)NC(C)=C2C(=O)Nc2ccccc2)c(OC)c1. The molecular formula is C27H26FN3O3S. The van der Waals surface area contributed by atoms with Crippen LogP contribution in [0.3, 0.4) is 0 Å². The molecule has 8 heteroatoms. The quantitative estimate of drug-likeness (QED) is 0.444. The highest BCUT2D eigenvalue weighted by Gasteiger charge is 2.31. The summed E-state index contributed by atoms with van der Waals surface area (Å²) in [5.41, 5.74) is 3.42. The normalized spacial score (nSPS) is 15.2. The Hall–Kier alpha value is -3.78. The Labute approximate surface area is 208 Å². The van der Waals surface area contributed by atoms with Crippen LogP contribution < -0.4 is 20.1 Å². The van der Waals surface area contributed by atoms with Gasteiger partial charge in [0.1, 0.15) is 23.4 Å². The zero-order valence-electron chi connectivity index (χ0n) is 19.7. The number of aliphatic imine (C=N–C) groups is 1. The molecule has 0 bridgehead atoms. The van der Waals surface area contributed by atoms with Gasteiger partial charge in [-0.2, -0.15) is 0 Å². The minimum atomic E-state index is -0.615. The van der Waals surface area contributed by atoms with Crippen LogP contribution in [0.2, 0.25) is 0 Å². The number of amidine groups is 1. The summed E-state index contributed by atoms with van der Waals surface area (Å²) in [4.78, 5) is 18.3. The van der Waals surface area contributed by atoms with Gasteiger partial charge in [0.2, 0.25) is 0 Å². The number of methoxy groups -OCH3 is 2. The molecular weight excluding hydrogens is 465 g/mol. The Kier molecular flexibility index (Phi) is 7.72. The van der Waals surface area contributed by atoms with E-state index in [0.717, 1.165) is 11.1 Å². The molecule has 0 unspecified atom stereocenters. The standard InChI is InChI=1S/C27H26FN3O3S/c1-17-24(26(32)30-20-10-5-4-6-11-20)25(22-13-12-21(33-2)15-23(22)34-3)31-27(29-17)35-16-18-8-7-9-19(28)14-18/h4-15,25H,16H2,1-3H3,(H,29,31)(H,30,32)/t25-/m1/s1. The van der Waals surface area contributed by atoms with E-state index in [2.05, 4.69) is 10.6 Å². The van der Waals surface area contributed by atoms with E-state index < -0.39 is 6.04 Å². The number of carbonyl (C=O) groups is 1. The maximum atomic E-state index is 13.6. The Morgan fingerprint density at radius 2 is 1.86 bits per heavy atom. The molecule has 1 aliphatic rings. The molecule has 35 heavy (non-hydrogen) atoms. The maximum Gasteiger partial charge on any atom is 0.255 e. The summed E-state index contributed by atoms with van der Waals surface area (Å²) in [5.74, 6) is 1.18. The molecule has 1 amide bonds. The number of ether oxygens (including phenoxy) is 2. The third-order valence-electron chi connectivity index (χ3n) is 5.49. The van der Waals surface area contributed by atoms with Crippen molar-refractivity contribution < 1.29 is 18.7 Å². The van der Waals surface area contributed by atoms with E-state index in [4.69, 9.17) is 14.5 Å². The number of halogens is 1. The predicted molar refractivity (Wildman–Crippen MR) is 138 cm³/mol. The molecule has 3 aromatic carbocycles. The van der Waals surface area contributed by atoms with Crippen LogP contribution in [0.1, 0.15) is 24.1 Å². The van der Waals surface area contributed by atoms with Gasteiger partial charge in [-0.1, -0.05) is 42.1 Å². The number of nitrogens with zero attached hydrogens (tertiary/aromatic N) is 1. The van der Waals surface area contributed by atoms with Gasteiger partial charge in [0.15, 0.2) is 5.17 Å². The predicted octanol–water partition coefficient (Wildman–Crippen LogP) is 5.69. The minimum absolute atomic E-state index is 0.262. The van der Waals surface area contributed by atoms with Crippen molar-refractivity contribution in [3.63, 3.8) is 0 Å². The summed E-state index contributed by atoms with van der Waals surface area (Å²) < 4.78 is 24.6. The number of carbonyl (C=O) groups excluding carboxylic acids is 1. The lowest BCUT2D eigenvalue weighted by Crippen LogP contribution is -2.32. The minimum Gasteiger partial charge on any atom is -0.497 e. The van der Waals surface area contributed by atoms with Crippen molar-refractivity contribution in [2.45, 2.75) is 18.7 Å². The van der Waals surface area contributed by atoms with Crippen LogP contribution in [-0.2, 0) is 10.5 Å². The van der Waals surface area contributed by atoms with E-state index in [9.17, 15) is 9.18 Å². The van der Waals surface area contributed by atoms with E-state index in [0.29, 0.717) is 39.4 Å². The van der Waals surface area contributed by atoms with E-state index in [1.165, 1.54) is 23.9 Å². The van der Waals surface area contributed by atoms with Crippen LogP contribution in [0.25, 0.3) is 0 Å². The highest BCUT2D eigenvalue weighted by Crippen LogP contribution is 2.39. The molecule has 3 aromatic rings. The highest BCUT2D eigenvalue weighted by atomic mass is 32.2. The molecule has 4 rings (SSSR count). The largest absolute Gasteiger partial charge is 0.497 e. The second-order valence-corrected chi connectivity index (χ2v) is 8.81. The number of benzene rings is 3. The number of hydrogen-bond acceptors (Lipinski definition) is 6. The van der Waals surface area contributed by atoms with Crippen molar-refractivity contribution in [2.75, 3.05) is 19.5 Å². The fourth-order valence-electron chi connectivity index (χ4n) is 3.78. The number of rotatable bonds is 7. The van der Waals surface area contributed by atoms with Crippen LogP contribution in [0.4, 0.5) is 10.1 Å². The molecule has 6 nitrogen and oxygen atoms in total. The summed E-state index contributed by atoms with van der Waals surface area (Å²) in [6, 6.07) is 20.6. The first-order valence-electron chi connectivity index (χ1n) is 11.0. The van der Waals surface area contributed by atoms with E-state index in [-0.39, 0.29) is 11.7 Å². The molecule has 2 N–H and O–H groups in total. The van der Waals surface area contributed by atoms with Crippen LogP contribution in [0.15, 0.2) is 89.1 Å². The molecule has 0 saturated heterocycles. The molecule has 1 heterocycles. The monoisotopic (exact) mass is 491 g/mol. The molecule has 0 fully saturated rings. The first-order valence-corrected chi connectivity index (χ1v) is 12.0. The second-order valence-electron chi connectivity index (χ2n) is 7.85. The van der Waals surface area contributed by atoms with Gasteiger partial charge < -0.3 is 20.1 Å². The summed E-state index contributed by atoms with van der Waals surface area (Å²) in [7, 11) is 3.16. The molecule has 0 radical (unpaired) electrons. The number of amides is 1. The van der Waals surface area contributed by atoms with Gasteiger partial charge in [-0.15, -0.1) is 0 Å². The second kappa shape index (κ2) is 11.1. The molecule has 180 valence electrons. The number of para-hydroxylation sites is 1. The molecule has 1 atom stereocenters. The summed E-state index contributed by atoms with van der Waals surface area (Å²) in [6.07, 6.45) is 0. The first-order chi connectivity index (χ1) is 17.0. The van der Waals surface area contributed by atoms with Gasteiger partial charge in [-0.05, 0) is 48.9 Å². The van der Waals surface area contributed by atoms with Crippen molar-refractivity contribution >= 4 is 28.5 Å². The Morgan fingerprint density at radius 1 is 1.06 bits per heavy atom. The van der Waals surface area contributed by atoms with Crippen LogP contribution in [-0.4, -0.2) is 25.3 Å². The highest BCUT2D eigenvalue weighted by molar-refractivity contribution is 8.13. The van der Waals surface area contributed by atoms with Gasteiger partial charge in [0, 0.05) is 28.8 Å². The van der Waals surface area contributed by atoms with Gasteiger partial charge in [0.05, 0.1) is 19.8 Å². The lowest BCUT2D eigenvalue weighted by atomic mass is 9.95. The lowest BCUT2D eigenvalue weighted by molar-refractivity contribution is -0.113. The molecule has 0 aromatic heterocycles. The zero-order chi connectivity index (χ0) is 24.8. The zero-order valence-corrected chi connectivity index (χ0v) is 20.5. The molecule has 1 aliphatic heterocycles. The van der Waals surface area contributed by atoms with E-state index in [1.807, 2.05) is 55.5 Å². The fraction of sp³-hybridized carbons (Fsp3) is 0.185. The topological polar surface area (TPSA) is 72.0 Å². The molecule has 0 spiro atoms. The van der Waals surface area contributed by atoms with Crippen molar-refractivity contribution in [3.8, 4) is 11.5 Å². The summed E-state index contributed by atoms with van der Waals surface area (Å²) in [5, 5.41) is 6.84. The number of thioether (sulfide) groups is 1. The average molecular weight is 492 g/mol. The van der Waals surface area contributed by atoms with Crippen LogP contribution in [0.5, 0.6) is 11.5 Å². The summed E-state index contributed by atoms with van der Waals surface area (Å²) in [6.45, 7) is 1.85.